The minimum Gasteiger partial charge on any atom is -0.456 e. The van der Waals surface area contributed by atoms with Crippen LogP contribution in [0.5, 0.6) is 0 Å². The highest BCUT2D eigenvalue weighted by molar-refractivity contribution is 7.26. The van der Waals surface area contributed by atoms with Crippen LogP contribution < -0.4 is 0 Å². The summed E-state index contributed by atoms with van der Waals surface area (Å²) in [6.07, 6.45) is 0. The Bertz CT molecular complexity index is 3230. The van der Waals surface area contributed by atoms with Crippen molar-refractivity contribution < 1.29 is 4.42 Å². The monoisotopic (exact) mass is 707 g/mol. The molecule has 8 aromatic carbocycles. The number of furan rings is 1. The summed E-state index contributed by atoms with van der Waals surface area (Å²) in [4.78, 5) is 15.8. The number of fused-ring (bicyclic) bond motifs is 7. The molecule has 54 heavy (non-hydrogen) atoms. The zero-order valence-electron chi connectivity index (χ0n) is 28.9. The predicted octanol–water partition coefficient (Wildman–Crippen LogP) is 13.6. The van der Waals surface area contributed by atoms with Crippen LogP contribution in [0.25, 0.3) is 109 Å². The quantitative estimate of drug-likeness (QED) is 0.179. The average Bonchev–Trinajstić information content (AvgIpc) is 3.82. The van der Waals surface area contributed by atoms with Gasteiger partial charge in [0.1, 0.15) is 11.2 Å². The van der Waals surface area contributed by atoms with Gasteiger partial charge < -0.3 is 4.42 Å². The van der Waals surface area contributed by atoms with Gasteiger partial charge >= 0.3 is 0 Å². The summed E-state index contributed by atoms with van der Waals surface area (Å²) in [5.41, 5.74) is 8.88. The molecular weight excluding hydrogens is 679 g/mol. The highest BCUT2D eigenvalue weighted by Gasteiger charge is 2.20. The third-order valence-corrected chi connectivity index (χ3v) is 11.6. The fourth-order valence-electron chi connectivity index (χ4n) is 7.78. The lowest BCUT2D eigenvalue weighted by Gasteiger charge is -2.14. The molecule has 0 spiro atoms. The molecule has 11 aromatic rings. The van der Waals surface area contributed by atoms with Gasteiger partial charge in [-0.1, -0.05) is 140 Å². The maximum atomic E-state index is 6.33. The molecule has 0 fully saturated rings. The predicted molar refractivity (Wildman–Crippen MR) is 225 cm³/mol. The van der Waals surface area contributed by atoms with Gasteiger partial charge in [0, 0.05) is 47.6 Å². The summed E-state index contributed by atoms with van der Waals surface area (Å²) in [5.74, 6) is 1.81. The van der Waals surface area contributed by atoms with Crippen molar-refractivity contribution in [1.29, 1.82) is 0 Å². The molecule has 0 amide bonds. The lowest BCUT2D eigenvalue weighted by Crippen LogP contribution is -2.01. The van der Waals surface area contributed by atoms with E-state index in [0.717, 1.165) is 66.1 Å². The van der Waals surface area contributed by atoms with Gasteiger partial charge in [-0.2, -0.15) is 0 Å². The van der Waals surface area contributed by atoms with Gasteiger partial charge in [-0.3, -0.25) is 0 Å². The van der Waals surface area contributed by atoms with Crippen molar-refractivity contribution >= 4 is 64.2 Å². The molecule has 252 valence electrons. The molecule has 0 saturated heterocycles. The third kappa shape index (κ3) is 5.01. The van der Waals surface area contributed by atoms with Crippen LogP contribution in [-0.2, 0) is 0 Å². The number of nitrogens with zero attached hydrogens (tertiary/aromatic N) is 3. The number of hydrogen-bond donors (Lipinski definition) is 0. The first-order chi connectivity index (χ1) is 26.7. The van der Waals surface area contributed by atoms with Crippen molar-refractivity contribution in [3.8, 4) is 56.4 Å². The molecule has 0 radical (unpaired) electrons. The lowest BCUT2D eigenvalue weighted by molar-refractivity contribution is 0.669. The van der Waals surface area contributed by atoms with Crippen molar-refractivity contribution in [2.24, 2.45) is 0 Å². The van der Waals surface area contributed by atoms with Crippen molar-refractivity contribution in [2.45, 2.75) is 0 Å². The van der Waals surface area contributed by atoms with E-state index in [1.807, 2.05) is 41.7 Å². The van der Waals surface area contributed by atoms with E-state index in [2.05, 4.69) is 146 Å². The van der Waals surface area contributed by atoms with Crippen LogP contribution in [0.1, 0.15) is 0 Å². The molecule has 0 N–H and O–H groups in total. The van der Waals surface area contributed by atoms with Crippen LogP contribution in [0.4, 0.5) is 0 Å². The third-order valence-electron chi connectivity index (χ3n) is 10.3. The summed E-state index contributed by atoms with van der Waals surface area (Å²) in [5, 5.41) is 6.91. The van der Waals surface area contributed by atoms with E-state index in [1.54, 1.807) is 0 Å². The Morgan fingerprint density at radius 2 is 1.00 bits per heavy atom. The van der Waals surface area contributed by atoms with Gasteiger partial charge in [0.25, 0.3) is 0 Å². The van der Waals surface area contributed by atoms with E-state index < -0.39 is 0 Å². The molecule has 0 aliphatic carbocycles. The maximum absolute atomic E-state index is 6.33. The second-order valence-corrected chi connectivity index (χ2v) is 14.6. The smallest absolute Gasteiger partial charge is 0.164 e. The standard InChI is InChI=1S/C49H29N3OS/c1-2-13-30(14-3-1)34-16-6-7-20-41(34)48-50-47(32-25-26-38-37-18-8-10-23-43(37)53-44(38)29-32)51-49(52-48)42-28-33(27-31-15-4-5-17-35(31)42)36-21-12-22-40-39-19-9-11-24-45(39)54-46(36)40/h1-29H. The Morgan fingerprint density at radius 3 is 1.89 bits per heavy atom. The minimum absolute atomic E-state index is 0.585. The number of aromatic nitrogens is 3. The first-order valence-electron chi connectivity index (χ1n) is 18.0. The van der Waals surface area contributed by atoms with Gasteiger partial charge in [-0.15, -0.1) is 11.3 Å². The topological polar surface area (TPSA) is 51.8 Å². The minimum atomic E-state index is 0.585. The molecule has 0 saturated carbocycles. The Morgan fingerprint density at radius 1 is 0.352 bits per heavy atom. The van der Waals surface area contributed by atoms with Crippen LogP contribution in [0.2, 0.25) is 0 Å². The zero-order chi connectivity index (χ0) is 35.6. The van der Waals surface area contributed by atoms with Gasteiger partial charge in [-0.25, -0.2) is 15.0 Å². The molecule has 0 unspecified atom stereocenters. The molecule has 0 aliphatic heterocycles. The summed E-state index contributed by atoms with van der Waals surface area (Å²) >= 11 is 1.84. The highest BCUT2D eigenvalue weighted by Crippen LogP contribution is 2.43. The summed E-state index contributed by atoms with van der Waals surface area (Å²) in [7, 11) is 0. The van der Waals surface area contributed by atoms with Gasteiger partial charge in [0.15, 0.2) is 17.5 Å². The normalized spacial score (nSPS) is 11.7. The number of para-hydroxylation sites is 1. The molecule has 11 rings (SSSR count). The summed E-state index contributed by atoms with van der Waals surface area (Å²) in [6.45, 7) is 0. The van der Waals surface area contributed by atoms with E-state index in [-0.39, 0.29) is 0 Å². The molecule has 3 heterocycles. The number of thiophene rings is 1. The second kappa shape index (κ2) is 12.3. The van der Waals surface area contributed by atoms with Gasteiger partial charge in [-0.05, 0) is 69.4 Å². The van der Waals surface area contributed by atoms with Crippen LogP contribution in [0, 0.1) is 0 Å². The molecule has 3 aromatic heterocycles. The fourth-order valence-corrected chi connectivity index (χ4v) is 9.02. The Labute approximate surface area is 314 Å². The van der Waals surface area contributed by atoms with Crippen LogP contribution in [0.15, 0.2) is 180 Å². The zero-order valence-corrected chi connectivity index (χ0v) is 29.7. The van der Waals surface area contributed by atoms with E-state index >= 15 is 0 Å². The van der Waals surface area contributed by atoms with Gasteiger partial charge in [0.2, 0.25) is 0 Å². The van der Waals surface area contributed by atoms with E-state index in [1.165, 1.54) is 25.7 Å². The van der Waals surface area contributed by atoms with E-state index in [4.69, 9.17) is 19.4 Å². The lowest BCUT2D eigenvalue weighted by atomic mass is 9.95. The first-order valence-corrected chi connectivity index (χ1v) is 18.8. The van der Waals surface area contributed by atoms with Crippen LogP contribution in [0.3, 0.4) is 0 Å². The molecule has 5 heteroatoms. The molecule has 0 bridgehead atoms. The molecule has 0 atom stereocenters. The van der Waals surface area contributed by atoms with E-state index in [0.29, 0.717) is 17.5 Å². The van der Waals surface area contributed by atoms with Crippen molar-refractivity contribution in [3.05, 3.63) is 176 Å². The molecular formula is C49H29N3OS. The van der Waals surface area contributed by atoms with Gasteiger partial charge in [0.05, 0.1) is 0 Å². The fraction of sp³-hybridized carbons (Fsp3) is 0. The molecule has 4 nitrogen and oxygen atoms in total. The SMILES string of the molecule is c1ccc(-c2ccccc2-c2nc(-c3ccc4c(c3)oc3ccccc34)nc(-c3cc(-c4cccc5c4sc4ccccc45)cc4ccccc34)n2)cc1. The Balaban J connectivity index is 1.17. The van der Waals surface area contributed by atoms with Crippen LogP contribution >= 0.6 is 11.3 Å². The van der Waals surface area contributed by atoms with Crippen molar-refractivity contribution in [2.75, 3.05) is 0 Å². The number of hydrogen-bond acceptors (Lipinski definition) is 5. The molecule has 0 aliphatic rings. The largest absolute Gasteiger partial charge is 0.456 e. The maximum Gasteiger partial charge on any atom is 0.164 e. The highest BCUT2D eigenvalue weighted by atomic mass is 32.1. The second-order valence-electron chi connectivity index (χ2n) is 13.6. The average molecular weight is 708 g/mol. The van der Waals surface area contributed by atoms with Crippen molar-refractivity contribution in [1.82, 2.24) is 15.0 Å². The Hall–Kier alpha value is -6.95. The Kier molecular flexibility index (Phi) is 7.00. The summed E-state index contributed by atoms with van der Waals surface area (Å²) < 4.78 is 8.89. The first kappa shape index (κ1) is 30.7. The van der Waals surface area contributed by atoms with E-state index in [9.17, 15) is 0 Å². The summed E-state index contributed by atoms with van der Waals surface area (Å²) in [6, 6.07) is 61.5. The van der Waals surface area contributed by atoms with Crippen molar-refractivity contribution in [3.63, 3.8) is 0 Å². The van der Waals surface area contributed by atoms with Crippen LogP contribution in [-0.4, -0.2) is 15.0 Å². The number of benzene rings is 8. The number of rotatable bonds is 5.